The van der Waals surface area contributed by atoms with Crippen LogP contribution in [0.25, 0.3) is 11.3 Å². The number of nitrogens with zero attached hydrogens (tertiary/aromatic N) is 2. The molecule has 0 saturated heterocycles. The van der Waals surface area contributed by atoms with Crippen LogP contribution in [0.2, 0.25) is 0 Å². The Labute approximate surface area is 83.4 Å². The van der Waals surface area contributed by atoms with E-state index in [1.54, 1.807) is 6.33 Å². The third-order valence-electron chi connectivity index (χ3n) is 2.17. The Bertz CT molecular complexity index is 404. The highest BCUT2D eigenvalue weighted by molar-refractivity contribution is 5.64. The first-order valence-corrected chi connectivity index (χ1v) is 4.53. The van der Waals surface area contributed by atoms with E-state index in [1.807, 2.05) is 26.4 Å². The van der Waals surface area contributed by atoms with Gasteiger partial charge < -0.3 is 9.88 Å². The number of benzene rings is 1. The van der Waals surface area contributed by atoms with Crippen LogP contribution in [0.15, 0.2) is 36.8 Å². The van der Waals surface area contributed by atoms with E-state index in [9.17, 15) is 0 Å². The van der Waals surface area contributed by atoms with Crippen molar-refractivity contribution in [3.63, 3.8) is 0 Å². The van der Waals surface area contributed by atoms with Crippen molar-refractivity contribution in [3.05, 3.63) is 36.8 Å². The summed E-state index contributed by atoms with van der Waals surface area (Å²) in [4.78, 5) is 9.18. The predicted octanol–water partition coefficient (Wildman–Crippen LogP) is 2.14. The summed E-state index contributed by atoms with van der Waals surface area (Å²) in [5.41, 5.74) is 3.40. The molecule has 14 heavy (non-hydrogen) atoms. The second-order valence-electron chi connectivity index (χ2n) is 3.41. The molecule has 1 heterocycles. The van der Waals surface area contributed by atoms with Gasteiger partial charge in [-0.15, -0.1) is 0 Å². The van der Waals surface area contributed by atoms with E-state index < -0.39 is 0 Å². The molecule has 1 N–H and O–H groups in total. The Kier molecular flexibility index (Phi) is 2.23. The summed E-state index contributed by atoms with van der Waals surface area (Å²) < 4.78 is 0. The summed E-state index contributed by atoms with van der Waals surface area (Å²) in [6.07, 6.45) is 3.52. The molecule has 0 spiro atoms. The van der Waals surface area contributed by atoms with Crippen LogP contribution in [0.1, 0.15) is 0 Å². The zero-order valence-corrected chi connectivity index (χ0v) is 8.36. The van der Waals surface area contributed by atoms with E-state index in [0.717, 1.165) is 11.3 Å². The summed E-state index contributed by atoms with van der Waals surface area (Å²) in [5.74, 6) is 0. The normalized spacial score (nSPS) is 10.1. The van der Waals surface area contributed by atoms with Crippen molar-refractivity contribution in [3.8, 4) is 11.3 Å². The lowest BCUT2D eigenvalue weighted by Crippen LogP contribution is -2.08. The number of hydrogen-bond donors (Lipinski definition) is 1. The SMILES string of the molecule is CN(C)c1cccc(-c2cnc[nH]2)c1. The maximum Gasteiger partial charge on any atom is 0.0924 e. The Morgan fingerprint density at radius 2 is 2.14 bits per heavy atom. The Morgan fingerprint density at radius 1 is 1.29 bits per heavy atom. The Hall–Kier alpha value is -1.77. The summed E-state index contributed by atoms with van der Waals surface area (Å²) in [6, 6.07) is 8.33. The molecule has 2 rings (SSSR count). The lowest BCUT2D eigenvalue weighted by molar-refractivity contribution is 1.13. The largest absolute Gasteiger partial charge is 0.378 e. The molecule has 3 nitrogen and oxygen atoms in total. The van der Waals surface area contributed by atoms with Gasteiger partial charge in [0, 0.05) is 25.3 Å². The van der Waals surface area contributed by atoms with E-state index in [-0.39, 0.29) is 0 Å². The van der Waals surface area contributed by atoms with Crippen molar-refractivity contribution >= 4 is 5.69 Å². The predicted molar refractivity (Wildman–Crippen MR) is 58.4 cm³/mol. The van der Waals surface area contributed by atoms with Crippen LogP contribution < -0.4 is 4.90 Å². The molecule has 0 atom stereocenters. The van der Waals surface area contributed by atoms with Gasteiger partial charge in [-0.25, -0.2) is 4.98 Å². The molecule has 72 valence electrons. The monoisotopic (exact) mass is 187 g/mol. The average Bonchev–Trinajstić information content (AvgIpc) is 2.71. The zero-order chi connectivity index (χ0) is 9.97. The first kappa shape index (κ1) is 8.81. The van der Waals surface area contributed by atoms with Gasteiger partial charge in [0.25, 0.3) is 0 Å². The number of anilines is 1. The van der Waals surface area contributed by atoms with Gasteiger partial charge in [0.1, 0.15) is 0 Å². The number of hydrogen-bond acceptors (Lipinski definition) is 2. The quantitative estimate of drug-likeness (QED) is 0.781. The highest BCUT2D eigenvalue weighted by Crippen LogP contribution is 2.21. The van der Waals surface area contributed by atoms with Gasteiger partial charge in [-0.05, 0) is 12.1 Å². The van der Waals surface area contributed by atoms with Gasteiger partial charge in [0.05, 0.1) is 18.2 Å². The lowest BCUT2D eigenvalue weighted by Gasteiger charge is -2.12. The summed E-state index contributed by atoms with van der Waals surface area (Å²) in [7, 11) is 4.07. The minimum absolute atomic E-state index is 1.05. The van der Waals surface area contributed by atoms with Crippen LogP contribution in [0.4, 0.5) is 5.69 Å². The summed E-state index contributed by atoms with van der Waals surface area (Å²) in [5, 5.41) is 0. The van der Waals surface area contributed by atoms with Crippen molar-refractivity contribution in [1.29, 1.82) is 0 Å². The van der Waals surface area contributed by atoms with Crippen LogP contribution >= 0.6 is 0 Å². The Morgan fingerprint density at radius 3 is 2.79 bits per heavy atom. The molecule has 0 aliphatic heterocycles. The van der Waals surface area contributed by atoms with Crippen molar-refractivity contribution in [1.82, 2.24) is 9.97 Å². The minimum Gasteiger partial charge on any atom is -0.378 e. The third-order valence-corrected chi connectivity index (χ3v) is 2.17. The molecule has 1 aromatic carbocycles. The first-order valence-electron chi connectivity index (χ1n) is 4.53. The van der Waals surface area contributed by atoms with Crippen molar-refractivity contribution in [2.45, 2.75) is 0 Å². The fourth-order valence-corrected chi connectivity index (χ4v) is 1.37. The number of rotatable bonds is 2. The van der Waals surface area contributed by atoms with Gasteiger partial charge in [0.15, 0.2) is 0 Å². The molecule has 0 amide bonds. The zero-order valence-electron chi connectivity index (χ0n) is 8.36. The molecular weight excluding hydrogens is 174 g/mol. The van der Waals surface area contributed by atoms with E-state index in [2.05, 4.69) is 33.1 Å². The number of nitrogens with one attached hydrogen (secondary N) is 1. The molecule has 2 aromatic rings. The minimum atomic E-state index is 1.05. The van der Waals surface area contributed by atoms with Gasteiger partial charge in [-0.2, -0.15) is 0 Å². The molecule has 0 unspecified atom stereocenters. The number of imidazole rings is 1. The molecule has 0 radical (unpaired) electrons. The van der Waals surface area contributed by atoms with E-state index in [1.165, 1.54) is 5.69 Å². The fraction of sp³-hybridized carbons (Fsp3) is 0.182. The van der Waals surface area contributed by atoms with Crippen LogP contribution in [0.3, 0.4) is 0 Å². The maximum atomic E-state index is 4.00. The Balaban J connectivity index is 2.41. The molecule has 0 fully saturated rings. The number of aromatic amines is 1. The standard InChI is InChI=1S/C11H13N3/c1-14(2)10-5-3-4-9(6-10)11-7-12-8-13-11/h3-8H,1-2H3,(H,12,13). The molecular formula is C11H13N3. The first-order chi connectivity index (χ1) is 6.77. The topological polar surface area (TPSA) is 31.9 Å². The van der Waals surface area contributed by atoms with Gasteiger partial charge in [0.2, 0.25) is 0 Å². The van der Waals surface area contributed by atoms with Crippen molar-refractivity contribution < 1.29 is 0 Å². The molecule has 0 bridgehead atoms. The highest BCUT2D eigenvalue weighted by atomic mass is 15.1. The van der Waals surface area contributed by atoms with Crippen LogP contribution in [0, 0.1) is 0 Å². The summed E-state index contributed by atoms with van der Waals surface area (Å²) in [6.45, 7) is 0. The molecule has 3 heteroatoms. The molecule has 1 aromatic heterocycles. The highest BCUT2D eigenvalue weighted by Gasteiger charge is 2.00. The van der Waals surface area contributed by atoms with E-state index in [0.29, 0.717) is 0 Å². The van der Waals surface area contributed by atoms with Gasteiger partial charge >= 0.3 is 0 Å². The average molecular weight is 187 g/mol. The van der Waals surface area contributed by atoms with Crippen molar-refractivity contribution in [2.75, 3.05) is 19.0 Å². The van der Waals surface area contributed by atoms with E-state index >= 15 is 0 Å². The second-order valence-corrected chi connectivity index (χ2v) is 3.41. The fourth-order valence-electron chi connectivity index (χ4n) is 1.37. The van der Waals surface area contributed by atoms with Crippen molar-refractivity contribution in [2.24, 2.45) is 0 Å². The lowest BCUT2D eigenvalue weighted by atomic mass is 10.1. The second kappa shape index (κ2) is 3.54. The van der Waals surface area contributed by atoms with Crippen LogP contribution in [-0.4, -0.2) is 24.1 Å². The summed E-state index contributed by atoms with van der Waals surface area (Å²) >= 11 is 0. The van der Waals surface area contributed by atoms with E-state index in [4.69, 9.17) is 0 Å². The smallest absolute Gasteiger partial charge is 0.0924 e. The third kappa shape index (κ3) is 1.62. The van der Waals surface area contributed by atoms with Crippen LogP contribution in [-0.2, 0) is 0 Å². The van der Waals surface area contributed by atoms with Gasteiger partial charge in [-0.3, -0.25) is 0 Å². The molecule has 0 aliphatic carbocycles. The number of H-pyrrole nitrogens is 1. The van der Waals surface area contributed by atoms with Crippen LogP contribution in [0.5, 0.6) is 0 Å². The molecule has 0 aliphatic rings. The van der Waals surface area contributed by atoms with Gasteiger partial charge in [-0.1, -0.05) is 12.1 Å². The molecule has 0 saturated carbocycles. The number of aromatic nitrogens is 2. The maximum absolute atomic E-state index is 4.00.